The van der Waals surface area contributed by atoms with E-state index in [1.807, 2.05) is 6.92 Å². The van der Waals surface area contributed by atoms with Gasteiger partial charge in [0.2, 0.25) is 11.8 Å². The first kappa shape index (κ1) is 19.7. The summed E-state index contributed by atoms with van der Waals surface area (Å²) in [5.74, 6) is -0.965. The lowest BCUT2D eigenvalue weighted by atomic mass is 9.84. The van der Waals surface area contributed by atoms with Crippen LogP contribution in [-0.4, -0.2) is 34.5 Å². The number of amides is 2. The Hall–Kier alpha value is -1.59. The van der Waals surface area contributed by atoms with Crippen molar-refractivity contribution < 1.29 is 19.5 Å². The smallest absolute Gasteiger partial charge is 0.329 e. The highest BCUT2D eigenvalue weighted by Crippen LogP contribution is 2.28. The van der Waals surface area contributed by atoms with Gasteiger partial charge >= 0.3 is 5.97 Å². The van der Waals surface area contributed by atoms with Crippen LogP contribution in [0.5, 0.6) is 0 Å². The number of carbonyl (C=O) groups excluding carboxylic acids is 2. The molecule has 0 spiro atoms. The van der Waals surface area contributed by atoms with Crippen LogP contribution in [-0.2, 0) is 14.4 Å². The molecule has 0 aromatic carbocycles. The molecule has 2 saturated carbocycles. The summed E-state index contributed by atoms with van der Waals surface area (Å²) in [5, 5.41) is 15.3. The molecule has 0 aromatic heterocycles. The lowest BCUT2D eigenvalue weighted by molar-refractivity contribution is -0.148. The van der Waals surface area contributed by atoms with Gasteiger partial charge in [-0.25, -0.2) is 4.79 Å². The molecule has 2 aliphatic carbocycles. The first-order valence-corrected chi connectivity index (χ1v) is 9.71. The molecule has 2 aliphatic rings. The summed E-state index contributed by atoms with van der Waals surface area (Å²) in [6.07, 6.45) is 8.36. The van der Waals surface area contributed by atoms with Gasteiger partial charge in [-0.2, -0.15) is 0 Å². The van der Waals surface area contributed by atoms with E-state index < -0.39 is 11.5 Å². The molecule has 2 amide bonds. The Balaban J connectivity index is 1.79. The first-order chi connectivity index (χ1) is 11.9. The molecule has 0 aromatic rings. The van der Waals surface area contributed by atoms with Crippen LogP contribution in [0.3, 0.4) is 0 Å². The van der Waals surface area contributed by atoms with Crippen molar-refractivity contribution in [2.24, 2.45) is 11.8 Å². The molecular weight excluding hydrogens is 320 g/mol. The second kappa shape index (κ2) is 8.68. The molecule has 0 aliphatic heterocycles. The van der Waals surface area contributed by atoms with E-state index in [1.54, 1.807) is 6.92 Å². The molecular formula is C19H32N2O4. The topological polar surface area (TPSA) is 95.5 Å². The van der Waals surface area contributed by atoms with Gasteiger partial charge in [-0.05, 0) is 51.9 Å². The lowest BCUT2D eigenvalue weighted by Gasteiger charge is -2.32. The van der Waals surface area contributed by atoms with Crippen LogP contribution in [0.25, 0.3) is 0 Å². The Morgan fingerprint density at radius 3 is 2.04 bits per heavy atom. The SMILES string of the molecule is CCCC(C)(NC(=O)C1CCC(NC(=O)C2CCCC2)CC1)C(=O)O. The van der Waals surface area contributed by atoms with Gasteiger partial charge in [0.25, 0.3) is 0 Å². The van der Waals surface area contributed by atoms with E-state index in [0.717, 1.165) is 38.5 Å². The van der Waals surface area contributed by atoms with Crippen LogP contribution in [0.2, 0.25) is 0 Å². The molecule has 6 nitrogen and oxygen atoms in total. The third-order valence-corrected chi connectivity index (χ3v) is 5.79. The third kappa shape index (κ3) is 5.19. The van der Waals surface area contributed by atoms with Crippen molar-refractivity contribution in [2.45, 2.75) is 89.6 Å². The monoisotopic (exact) mass is 352 g/mol. The molecule has 142 valence electrons. The largest absolute Gasteiger partial charge is 0.480 e. The predicted octanol–water partition coefficient (Wildman–Crippen LogP) is 2.61. The molecule has 3 N–H and O–H groups in total. The molecule has 0 saturated heterocycles. The Morgan fingerprint density at radius 1 is 0.960 bits per heavy atom. The van der Waals surface area contributed by atoms with Crippen LogP contribution < -0.4 is 10.6 Å². The zero-order valence-corrected chi connectivity index (χ0v) is 15.5. The maximum atomic E-state index is 12.5. The molecule has 6 heteroatoms. The number of carboxylic acid groups (broad SMARTS) is 1. The van der Waals surface area contributed by atoms with E-state index in [9.17, 15) is 19.5 Å². The van der Waals surface area contributed by atoms with E-state index in [4.69, 9.17) is 0 Å². The maximum absolute atomic E-state index is 12.5. The van der Waals surface area contributed by atoms with Gasteiger partial charge < -0.3 is 15.7 Å². The minimum Gasteiger partial charge on any atom is -0.480 e. The molecule has 0 radical (unpaired) electrons. The fourth-order valence-corrected chi connectivity index (χ4v) is 4.10. The minimum absolute atomic E-state index is 0.152. The van der Waals surface area contributed by atoms with E-state index in [-0.39, 0.29) is 29.7 Å². The predicted molar refractivity (Wildman–Crippen MR) is 94.9 cm³/mol. The standard InChI is InChI=1S/C19H32N2O4/c1-3-12-19(2,18(24)25)21-17(23)14-8-10-15(11-9-14)20-16(22)13-6-4-5-7-13/h13-15H,3-12H2,1-2H3,(H,20,22)(H,21,23)(H,24,25). The summed E-state index contributed by atoms with van der Waals surface area (Å²) in [6, 6.07) is 0.152. The van der Waals surface area contributed by atoms with E-state index in [0.29, 0.717) is 25.7 Å². The Bertz CT molecular complexity index is 494. The van der Waals surface area contributed by atoms with Crippen molar-refractivity contribution in [1.82, 2.24) is 10.6 Å². The van der Waals surface area contributed by atoms with Gasteiger partial charge in [0.05, 0.1) is 0 Å². The summed E-state index contributed by atoms with van der Waals surface area (Å²) in [5.41, 5.74) is -1.20. The molecule has 1 unspecified atom stereocenters. The molecule has 0 heterocycles. The number of carboxylic acids is 1. The van der Waals surface area contributed by atoms with Gasteiger partial charge in [0, 0.05) is 17.9 Å². The zero-order chi connectivity index (χ0) is 18.4. The van der Waals surface area contributed by atoms with Crippen molar-refractivity contribution in [3.63, 3.8) is 0 Å². The quantitative estimate of drug-likeness (QED) is 0.656. The summed E-state index contributed by atoms with van der Waals surface area (Å²) in [4.78, 5) is 36.1. The third-order valence-electron chi connectivity index (χ3n) is 5.79. The summed E-state index contributed by atoms with van der Waals surface area (Å²) in [6.45, 7) is 3.48. The number of aliphatic carboxylic acids is 1. The maximum Gasteiger partial charge on any atom is 0.329 e. The normalized spacial score (nSPS) is 26.6. The number of hydrogen-bond donors (Lipinski definition) is 3. The lowest BCUT2D eigenvalue weighted by Crippen LogP contribution is -2.54. The Morgan fingerprint density at radius 2 is 1.52 bits per heavy atom. The van der Waals surface area contributed by atoms with Crippen LogP contribution in [0.15, 0.2) is 0 Å². The van der Waals surface area contributed by atoms with Crippen LogP contribution >= 0.6 is 0 Å². The summed E-state index contributed by atoms with van der Waals surface area (Å²) in [7, 11) is 0. The van der Waals surface area contributed by atoms with Gasteiger partial charge in [-0.15, -0.1) is 0 Å². The number of nitrogens with one attached hydrogen (secondary N) is 2. The zero-order valence-electron chi connectivity index (χ0n) is 15.5. The first-order valence-electron chi connectivity index (χ1n) is 9.71. The van der Waals surface area contributed by atoms with Gasteiger partial charge in [0.15, 0.2) is 0 Å². The Labute approximate surface area is 150 Å². The van der Waals surface area contributed by atoms with Crippen LogP contribution in [0.1, 0.15) is 78.1 Å². The van der Waals surface area contributed by atoms with E-state index in [2.05, 4.69) is 10.6 Å². The van der Waals surface area contributed by atoms with Crippen molar-refractivity contribution >= 4 is 17.8 Å². The van der Waals surface area contributed by atoms with Crippen LogP contribution in [0.4, 0.5) is 0 Å². The molecule has 1 atom stereocenters. The van der Waals surface area contributed by atoms with Crippen molar-refractivity contribution in [3.05, 3.63) is 0 Å². The van der Waals surface area contributed by atoms with Gasteiger partial charge in [-0.3, -0.25) is 9.59 Å². The fraction of sp³-hybridized carbons (Fsp3) is 0.842. The van der Waals surface area contributed by atoms with Crippen molar-refractivity contribution in [1.29, 1.82) is 0 Å². The molecule has 25 heavy (non-hydrogen) atoms. The average Bonchev–Trinajstić information content (AvgIpc) is 3.10. The van der Waals surface area contributed by atoms with Crippen molar-refractivity contribution in [3.8, 4) is 0 Å². The highest BCUT2D eigenvalue weighted by molar-refractivity contribution is 5.87. The second-order valence-electron chi connectivity index (χ2n) is 7.92. The second-order valence-corrected chi connectivity index (χ2v) is 7.92. The highest BCUT2D eigenvalue weighted by atomic mass is 16.4. The fourth-order valence-electron chi connectivity index (χ4n) is 4.10. The highest BCUT2D eigenvalue weighted by Gasteiger charge is 2.37. The van der Waals surface area contributed by atoms with Crippen LogP contribution in [0, 0.1) is 11.8 Å². The summed E-state index contributed by atoms with van der Waals surface area (Å²) >= 11 is 0. The van der Waals surface area contributed by atoms with Gasteiger partial charge in [-0.1, -0.05) is 26.2 Å². The Kier molecular flexibility index (Phi) is 6.85. The number of rotatable bonds is 7. The molecule has 2 rings (SSSR count). The number of hydrogen-bond acceptors (Lipinski definition) is 3. The minimum atomic E-state index is -1.20. The number of carbonyl (C=O) groups is 3. The van der Waals surface area contributed by atoms with Crippen molar-refractivity contribution in [2.75, 3.05) is 0 Å². The van der Waals surface area contributed by atoms with E-state index in [1.165, 1.54) is 0 Å². The van der Waals surface area contributed by atoms with E-state index >= 15 is 0 Å². The average molecular weight is 352 g/mol. The molecule has 2 fully saturated rings. The summed E-state index contributed by atoms with van der Waals surface area (Å²) < 4.78 is 0. The molecule has 0 bridgehead atoms. The van der Waals surface area contributed by atoms with Gasteiger partial charge in [0.1, 0.15) is 5.54 Å².